The maximum absolute atomic E-state index is 12.3. The van der Waals surface area contributed by atoms with Crippen LogP contribution >= 0.6 is 11.3 Å². The molecule has 1 fully saturated rings. The van der Waals surface area contributed by atoms with Gasteiger partial charge in [-0.3, -0.25) is 14.1 Å². The Kier molecular flexibility index (Phi) is 3.71. The van der Waals surface area contributed by atoms with Gasteiger partial charge >= 0.3 is 0 Å². The number of rotatable bonds is 4. The van der Waals surface area contributed by atoms with E-state index in [0.717, 1.165) is 55.4 Å². The second kappa shape index (κ2) is 6.07. The lowest BCUT2D eigenvalue weighted by atomic mass is 9.96. The largest absolute Gasteiger partial charge is 0.297 e. The van der Waals surface area contributed by atoms with E-state index < -0.39 is 0 Å². The van der Waals surface area contributed by atoms with E-state index >= 15 is 0 Å². The van der Waals surface area contributed by atoms with Crippen LogP contribution < -0.4 is 5.56 Å². The Morgan fingerprint density at radius 2 is 2.12 bits per heavy atom. The van der Waals surface area contributed by atoms with Crippen molar-refractivity contribution in [3.05, 3.63) is 51.1 Å². The lowest BCUT2D eigenvalue weighted by Gasteiger charge is -2.38. The maximum atomic E-state index is 12.3. The molecule has 3 aromatic heterocycles. The summed E-state index contributed by atoms with van der Waals surface area (Å²) in [5.74, 6) is 0.510. The number of hydrogen-bond acceptors (Lipinski definition) is 5. The molecule has 1 aliphatic carbocycles. The average molecular weight is 355 g/mol. The van der Waals surface area contributed by atoms with Crippen LogP contribution in [0.1, 0.15) is 29.8 Å². The summed E-state index contributed by atoms with van der Waals surface area (Å²) in [6.45, 7) is 3.64. The Morgan fingerprint density at radius 3 is 3.00 bits per heavy atom. The van der Waals surface area contributed by atoms with E-state index in [9.17, 15) is 4.79 Å². The van der Waals surface area contributed by atoms with Crippen LogP contribution in [-0.2, 0) is 25.9 Å². The zero-order valence-corrected chi connectivity index (χ0v) is 14.9. The van der Waals surface area contributed by atoms with Crippen molar-refractivity contribution in [1.29, 1.82) is 0 Å². The van der Waals surface area contributed by atoms with Crippen LogP contribution in [0.3, 0.4) is 0 Å². The molecule has 1 saturated heterocycles. The van der Waals surface area contributed by atoms with Gasteiger partial charge in [-0.05, 0) is 31.2 Å². The third kappa shape index (κ3) is 2.91. The SMILES string of the molecule is O=c1cc2c(nn1CC1CN(Cc3cn4ccsc4n3)C1)CCCC2. The Labute approximate surface area is 149 Å². The fourth-order valence-corrected chi connectivity index (χ4v) is 4.70. The Hall–Kier alpha value is -1.99. The van der Waals surface area contributed by atoms with Crippen molar-refractivity contribution in [2.45, 2.75) is 38.8 Å². The molecule has 5 rings (SSSR count). The molecule has 0 spiro atoms. The van der Waals surface area contributed by atoms with Crippen LogP contribution in [0.2, 0.25) is 0 Å². The lowest BCUT2D eigenvalue weighted by molar-refractivity contribution is 0.0753. The molecule has 0 N–H and O–H groups in total. The molecule has 0 radical (unpaired) electrons. The monoisotopic (exact) mass is 355 g/mol. The summed E-state index contributed by atoms with van der Waals surface area (Å²) in [7, 11) is 0. The highest BCUT2D eigenvalue weighted by Gasteiger charge is 2.28. The number of nitrogens with zero attached hydrogens (tertiary/aromatic N) is 5. The van der Waals surface area contributed by atoms with Crippen LogP contribution in [0.5, 0.6) is 0 Å². The van der Waals surface area contributed by atoms with Crippen LogP contribution in [-0.4, -0.2) is 37.2 Å². The predicted molar refractivity (Wildman–Crippen MR) is 97.0 cm³/mol. The molecule has 0 aromatic carbocycles. The first-order valence-electron chi connectivity index (χ1n) is 8.98. The fraction of sp³-hybridized carbons (Fsp3) is 0.500. The zero-order valence-electron chi connectivity index (χ0n) is 14.1. The number of hydrogen-bond donors (Lipinski definition) is 0. The molecule has 2 aliphatic rings. The molecule has 1 aliphatic heterocycles. The highest BCUT2D eigenvalue weighted by Crippen LogP contribution is 2.22. The summed E-state index contributed by atoms with van der Waals surface area (Å²) in [5.41, 5.74) is 3.49. The van der Waals surface area contributed by atoms with E-state index in [1.165, 1.54) is 18.4 Å². The number of imidazole rings is 1. The zero-order chi connectivity index (χ0) is 16.8. The lowest BCUT2D eigenvalue weighted by Crippen LogP contribution is -2.49. The summed E-state index contributed by atoms with van der Waals surface area (Å²) in [5, 5.41) is 6.69. The van der Waals surface area contributed by atoms with Gasteiger partial charge in [-0.1, -0.05) is 0 Å². The first kappa shape index (κ1) is 15.3. The number of aromatic nitrogens is 4. The van der Waals surface area contributed by atoms with Crippen molar-refractivity contribution in [3.8, 4) is 0 Å². The van der Waals surface area contributed by atoms with E-state index in [0.29, 0.717) is 5.92 Å². The smallest absolute Gasteiger partial charge is 0.267 e. The second-order valence-corrected chi connectivity index (χ2v) is 8.10. The molecule has 0 unspecified atom stereocenters. The normalized spacial score (nSPS) is 18.4. The minimum absolute atomic E-state index is 0.0634. The molecule has 0 atom stereocenters. The van der Waals surface area contributed by atoms with Crippen molar-refractivity contribution >= 4 is 16.3 Å². The number of fused-ring (bicyclic) bond motifs is 2. The van der Waals surface area contributed by atoms with Crippen molar-refractivity contribution in [1.82, 2.24) is 24.1 Å². The molecule has 7 heteroatoms. The van der Waals surface area contributed by atoms with Crippen molar-refractivity contribution < 1.29 is 0 Å². The third-order valence-electron chi connectivity index (χ3n) is 5.27. The van der Waals surface area contributed by atoms with E-state index in [1.54, 1.807) is 16.0 Å². The summed E-state index contributed by atoms with van der Waals surface area (Å²) >= 11 is 1.66. The molecule has 3 aromatic rings. The summed E-state index contributed by atoms with van der Waals surface area (Å²) < 4.78 is 3.77. The molecule has 130 valence electrons. The van der Waals surface area contributed by atoms with E-state index in [1.807, 2.05) is 12.3 Å². The second-order valence-electron chi connectivity index (χ2n) is 7.23. The van der Waals surface area contributed by atoms with Gasteiger partial charge in [0.05, 0.1) is 17.9 Å². The van der Waals surface area contributed by atoms with Crippen LogP contribution in [0, 0.1) is 5.92 Å². The van der Waals surface area contributed by atoms with Crippen LogP contribution in [0.25, 0.3) is 4.96 Å². The number of aryl methyl sites for hydroxylation is 2. The van der Waals surface area contributed by atoms with Gasteiger partial charge in [0.1, 0.15) is 0 Å². The van der Waals surface area contributed by atoms with Crippen molar-refractivity contribution in [2.75, 3.05) is 13.1 Å². The predicted octanol–water partition coefficient (Wildman–Crippen LogP) is 1.96. The minimum Gasteiger partial charge on any atom is -0.297 e. The molecular formula is C18H21N5OS. The average Bonchev–Trinajstić information content (AvgIpc) is 3.14. The molecule has 0 saturated carbocycles. The van der Waals surface area contributed by atoms with Gasteiger partial charge < -0.3 is 0 Å². The minimum atomic E-state index is 0.0634. The maximum Gasteiger partial charge on any atom is 0.267 e. The third-order valence-corrected chi connectivity index (χ3v) is 6.04. The summed E-state index contributed by atoms with van der Waals surface area (Å²) in [6, 6.07) is 1.82. The van der Waals surface area contributed by atoms with Crippen LogP contribution in [0.4, 0.5) is 0 Å². The van der Waals surface area contributed by atoms with Crippen molar-refractivity contribution in [3.63, 3.8) is 0 Å². The fourth-order valence-electron chi connectivity index (χ4n) is 3.98. The molecule has 6 nitrogen and oxygen atoms in total. The Balaban J connectivity index is 1.21. The van der Waals surface area contributed by atoms with Gasteiger partial charge in [-0.25, -0.2) is 9.67 Å². The summed E-state index contributed by atoms with van der Waals surface area (Å²) in [4.78, 5) is 20.4. The molecule has 0 bridgehead atoms. The highest BCUT2D eigenvalue weighted by molar-refractivity contribution is 7.15. The van der Waals surface area contributed by atoms with Gasteiger partial charge in [-0.15, -0.1) is 11.3 Å². The van der Waals surface area contributed by atoms with Crippen LogP contribution in [0.15, 0.2) is 28.6 Å². The molecule has 4 heterocycles. The van der Waals surface area contributed by atoms with E-state index in [-0.39, 0.29) is 5.56 Å². The van der Waals surface area contributed by atoms with Crippen molar-refractivity contribution in [2.24, 2.45) is 5.92 Å². The topological polar surface area (TPSA) is 55.4 Å². The Bertz CT molecular complexity index is 937. The van der Waals surface area contributed by atoms with E-state index in [2.05, 4.69) is 31.0 Å². The first-order chi connectivity index (χ1) is 12.2. The molecule has 0 amide bonds. The van der Waals surface area contributed by atoms with Gasteiger partial charge in [0, 0.05) is 49.4 Å². The number of likely N-dealkylation sites (tertiary alicyclic amines) is 1. The first-order valence-corrected chi connectivity index (χ1v) is 9.86. The van der Waals surface area contributed by atoms with Gasteiger partial charge in [0.15, 0.2) is 4.96 Å². The van der Waals surface area contributed by atoms with Gasteiger partial charge in [0.25, 0.3) is 5.56 Å². The standard InChI is InChI=1S/C18H21N5OS/c24-17-7-14-3-1-2-4-16(14)20-23(17)10-13-8-21(9-13)11-15-12-22-5-6-25-18(22)19-15/h5-7,12-13H,1-4,8-11H2. The number of thiazole rings is 1. The van der Waals surface area contributed by atoms with E-state index in [4.69, 9.17) is 0 Å². The Morgan fingerprint density at radius 1 is 1.24 bits per heavy atom. The summed E-state index contributed by atoms with van der Waals surface area (Å²) in [6.07, 6.45) is 8.55. The van der Waals surface area contributed by atoms with Gasteiger partial charge in [0.2, 0.25) is 0 Å². The molecule has 25 heavy (non-hydrogen) atoms. The van der Waals surface area contributed by atoms with Gasteiger partial charge in [-0.2, -0.15) is 5.10 Å². The highest BCUT2D eigenvalue weighted by atomic mass is 32.1. The molecular weight excluding hydrogens is 334 g/mol. The quantitative estimate of drug-likeness (QED) is 0.718.